The SMILES string of the molecule is C=Cc1c(C)c2cc3nc(c(C)c4cc(C)c(cc5nc(cc1[nH]2)C(C)=C5CC)[nH]4)[C@@H](CCC(=O)N(C)CCCCCCCCCC[PH](c1ccccc1)(c1ccccc1)c1ccccc1)[C@@H]3C. The van der Waals surface area contributed by atoms with E-state index in [9.17, 15) is 4.79 Å². The molecule has 2 aliphatic rings. The van der Waals surface area contributed by atoms with Gasteiger partial charge in [-0.2, -0.15) is 0 Å². The molecule has 0 aliphatic carbocycles. The molecule has 1 amide bonds. The van der Waals surface area contributed by atoms with E-state index in [1.807, 2.05) is 18.0 Å². The van der Waals surface area contributed by atoms with Crippen LogP contribution in [0.5, 0.6) is 0 Å². The normalized spacial score (nSPS) is 15.2. The summed E-state index contributed by atoms with van der Waals surface area (Å²) in [6, 6.07) is 42.8. The number of rotatable bonds is 19. The zero-order chi connectivity index (χ0) is 47.8. The van der Waals surface area contributed by atoms with Crippen LogP contribution in [0.4, 0.5) is 0 Å². The van der Waals surface area contributed by atoms with Crippen LogP contribution in [0.25, 0.3) is 39.3 Å². The summed E-state index contributed by atoms with van der Waals surface area (Å²) >= 11 is 0. The first kappa shape index (κ1) is 48.6. The molecule has 8 bridgehead atoms. The minimum atomic E-state index is -2.16. The molecule has 2 atom stereocenters. The van der Waals surface area contributed by atoms with Crippen LogP contribution in [-0.4, -0.2) is 50.5 Å². The first-order valence-corrected chi connectivity index (χ1v) is 27.7. The van der Waals surface area contributed by atoms with Crippen molar-refractivity contribution < 1.29 is 4.79 Å². The van der Waals surface area contributed by atoms with Crippen molar-refractivity contribution in [2.75, 3.05) is 19.8 Å². The number of allylic oxidation sites excluding steroid dienone is 2. The number of benzene rings is 3. The van der Waals surface area contributed by atoms with Crippen molar-refractivity contribution >= 4 is 68.4 Å². The molecule has 2 N–H and O–H groups in total. The minimum Gasteiger partial charge on any atom is -0.0562 e. The Morgan fingerprint density at radius 2 is 1.22 bits per heavy atom. The number of amides is 1. The van der Waals surface area contributed by atoms with Gasteiger partial charge in [-0.3, -0.25) is 9.78 Å². The van der Waals surface area contributed by atoms with Crippen LogP contribution >= 0.6 is 7.26 Å². The molecule has 0 spiro atoms. The van der Waals surface area contributed by atoms with Crippen LogP contribution in [-0.2, 0) is 4.79 Å². The number of unbranched alkanes of at least 4 members (excludes halogenated alkanes) is 7. The van der Waals surface area contributed by atoms with E-state index in [0.717, 1.165) is 93.8 Å². The molecule has 0 saturated heterocycles. The number of nitrogens with one attached hydrogen (secondary N) is 2. The Labute approximate surface area is 406 Å². The third-order valence-electron chi connectivity index (χ3n) is 15.4. The van der Waals surface area contributed by atoms with Gasteiger partial charge in [-0.05, 0) is 92.6 Å². The molecule has 0 fully saturated rings. The molecule has 0 unspecified atom stereocenters. The maximum absolute atomic E-state index is 13.8. The molecule has 8 rings (SSSR count). The molecular weight excluding hydrogens is 850 g/mol. The zero-order valence-electron chi connectivity index (χ0n) is 41.9. The summed E-state index contributed by atoms with van der Waals surface area (Å²) in [6.45, 7) is 18.2. The summed E-state index contributed by atoms with van der Waals surface area (Å²) in [5.74, 6) is 0.485. The fraction of sp³-hybridized carbons (Fsp3) is 0.361. The average Bonchev–Trinajstić information content (AvgIpc) is 4.07. The Bertz CT molecular complexity index is 2810. The van der Waals surface area contributed by atoms with Crippen molar-refractivity contribution in [1.29, 1.82) is 0 Å². The molecular formula is C61H74N5OP. The van der Waals surface area contributed by atoms with E-state index >= 15 is 0 Å². The van der Waals surface area contributed by atoms with Crippen molar-refractivity contribution in [3.05, 3.63) is 167 Å². The van der Waals surface area contributed by atoms with Gasteiger partial charge in [0.2, 0.25) is 0 Å². The second kappa shape index (κ2) is 22.1. The molecule has 0 radical (unpaired) electrons. The van der Waals surface area contributed by atoms with Crippen LogP contribution in [0, 0.1) is 20.8 Å². The van der Waals surface area contributed by atoms with E-state index < -0.39 is 7.26 Å². The van der Waals surface area contributed by atoms with Gasteiger partial charge in [-0.25, -0.2) is 4.98 Å². The molecule has 0 saturated carbocycles. The molecule has 68 heavy (non-hydrogen) atoms. The van der Waals surface area contributed by atoms with Gasteiger partial charge in [0, 0.05) is 57.3 Å². The van der Waals surface area contributed by atoms with E-state index in [1.54, 1.807) is 0 Å². The maximum Gasteiger partial charge on any atom is 0.00686 e. The Balaban J connectivity index is 0.874. The molecule has 2 aliphatic heterocycles. The van der Waals surface area contributed by atoms with Gasteiger partial charge in [0.05, 0.1) is 11.4 Å². The number of aryl methyl sites for hydroxylation is 3. The maximum atomic E-state index is 13.8. The molecule has 6 nitrogen and oxygen atoms in total. The number of hydrogen-bond donors (Lipinski definition) is 2. The Hall–Kier alpha value is -5.84. The Kier molecular flexibility index (Phi) is 15.8. The first-order valence-electron chi connectivity index (χ1n) is 25.5. The van der Waals surface area contributed by atoms with Crippen LogP contribution in [0.2, 0.25) is 0 Å². The molecule has 7 heteroatoms. The van der Waals surface area contributed by atoms with Crippen LogP contribution in [0.15, 0.2) is 122 Å². The van der Waals surface area contributed by atoms with Crippen LogP contribution in [0.1, 0.15) is 148 Å². The van der Waals surface area contributed by atoms with Gasteiger partial charge in [0.1, 0.15) is 0 Å². The summed E-state index contributed by atoms with van der Waals surface area (Å²) in [5, 5.41) is 4.51. The van der Waals surface area contributed by atoms with Gasteiger partial charge in [-0.15, -0.1) is 0 Å². The number of nitrogens with zero attached hydrogens (tertiary/aromatic N) is 3. The molecule has 3 aromatic heterocycles. The molecule has 354 valence electrons. The topological polar surface area (TPSA) is 77.7 Å². The quantitative estimate of drug-likeness (QED) is 0.0627. The predicted molar refractivity (Wildman–Crippen MR) is 294 cm³/mol. The fourth-order valence-corrected chi connectivity index (χ4v) is 16.1. The van der Waals surface area contributed by atoms with Crippen molar-refractivity contribution in [3.8, 4) is 0 Å². The third kappa shape index (κ3) is 10.3. The summed E-state index contributed by atoms with van der Waals surface area (Å²) < 4.78 is 0. The van der Waals surface area contributed by atoms with E-state index in [-0.39, 0.29) is 17.7 Å². The van der Waals surface area contributed by atoms with Crippen molar-refractivity contribution in [3.63, 3.8) is 0 Å². The number of aromatic amines is 2. The van der Waals surface area contributed by atoms with Crippen LogP contribution < -0.4 is 15.9 Å². The van der Waals surface area contributed by atoms with Crippen molar-refractivity contribution in [2.24, 2.45) is 0 Å². The van der Waals surface area contributed by atoms with Gasteiger partial charge < -0.3 is 9.97 Å². The molecule has 6 aromatic rings. The number of H-pyrrole nitrogens is 2. The smallest absolute Gasteiger partial charge is 0.00686 e. The number of hydrogen-bond acceptors (Lipinski definition) is 3. The number of carbonyl (C=O) groups excluding carboxylic acids is 1. The minimum absolute atomic E-state index is 0.118. The molecule has 3 aromatic carbocycles. The summed E-state index contributed by atoms with van der Waals surface area (Å²) in [5.41, 5.74) is 15.3. The average molecular weight is 924 g/mol. The second-order valence-corrected chi connectivity index (χ2v) is 23.7. The van der Waals surface area contributed by atoms with Gasteiger partial charge in [-0.1, -0.05) is 26.5 Å². The van der Waals surface area contributed by atoms with Crippen molar-refractivity contribution in [2.45, 2.75) is 124 Å². The fourth-order valence-electron chi connectivity index (χ4n) is 11.2. The van der Waals surface area contributed by atoms with E-state index in [2.05, 4.69) is 173 Å². The van der Waals surface area contributed by atoms with E-state index in [1.165, 1.54) is 77.3 Å². The van der Waals surface area contributed by atoms with Crippen LogP contribution in [0.3, 0.4) is 0 Å². The van der Waals surface area contributed by atoms with E-state index in [4.69, 9.17) is 9.97 Å². The predicted octanol–water partition coefficient (Wildman–Crippen LogP) is 14.2. The monoisotopic (exact) mass is 924 g/mol. The largest absolute Gasteiger partial charge is 0.0562 e. The van der Waals surface area contributed by atoms with Gasteiger partial charge >= 0.3 is 196 Å². The second-order valence-electron chi connectivity index (χ2n) is 19.6. The standard InChI is InChI=1S/C61H74N5OP/c1-9-50-44(5)56-41-59-51(10-2)43(4)55(63-59)40-57-45(6)52(61(65-57)46(7)54-38-42(3)53(62-54)39-58(50)64-56)34-35-60(67)66(8)36-26-15-13-11-12-14-16-27-37-68(47-28-20-17-21-29-47,48-30-22-18-23-31-48)49-32-24-19-25-33-49/h10,17-25,28-33,38-41,45,52,62-63,68H,2,9,11-16,26-27,34-37H2,1,3-8H3/t45-,52-/m0/s1. The number of fused-ring (bicyclic) bond motifs is 8. The summed E-state index contributed by atoms with van der Waals surface area (Å²) in [7, 11) is -0.166. The number of aromatic nitrogens is 4. The van der Waals surface area contributed by atoms with Gasteiger partial charge in [0.25, 0.3) is 0 Å². The first-order chi connectivity index (χ1) is 33.0. The van der Waals surface area contributed by atoms with Crippen molar-refractivity contribution in [1.82, 2.24) is 24.8 Å². The molecule has 5 heterocycles. The summed E-state index contributed by atoms with van der Waals surface area (Å²) in [6.07, 6.45) is 15.0. The zero-order valence-corrected chi connectivity index (χ0v) is 42.9. The van der Waals surface area contributed by atoms with Gasteiger partial charge in [0.15, 0.2) is 0 Å². The van der Waals surface area contributed by atoms with E-state index in [0.29, 0.717) is 6.42 Å². The Morgan fingerprint density at radius 1 is 0.676 bits per heavy atom. The summed E-state index contributed by atoms with van der Waals surface area (Å²) in [4.78, 5) is 33.8. The third-order valence-corrected chi connectivity index (χ3v) is 20.4. The number of carbonyl (C=O) groups is 1. The Morgan fingerprint density at radius 3 is 1.81 bits per heavy atom.